The lowest BCUT2D eigenvalue weighted by atomic mass is 9.95. The lowest BCUT2D eigenvalue weighted by molar-refractivity contribution is 0.0723. The van der Waals surface area contributed by atoms with Crippen molar-refractivity contribution in [1.29, 1.82) is 0 Å². The maximum atomic E-state index is 13.5. The van der Waals surface area contributed by atoms with Crippen LogP contribution in [-0.4, -0.2) is 54.5 Å². The second-order valence-corrected chi connectivity index (χ2v) is 8.89. The Hall–Kier alpha value is -3.03. The quantitative estimate of drug-likeness (QED) is 0.316. The molecule has 4 rings (SSSR count). The minimum Gasteiger partial charge on any atom is -0.490 e. The summed E-state index contributed by atoms with van der Waals surface area (Å²) in [7, 11) is 1.67. The van der Waals surface area contributed by atoms with Crippen molar-refractivity contribution in [2.75, 3.05) is 33.5 Å². The number of amides is 1. The number of aromatic nitrogens is 2. The summed E-state index contributed by atoms with van der Waals surface area (Å²) in [6.07, 6.45) is 2.75. The smallest absolute Gasteiger partial charge is 0.273 e. The molecule has 0 aliphatic carbocycles. The first-order chi connectivity index (χ1) is 17.1. The fraction of sp³-hybridized carbons (Fsp3) is 0.407. The Morgan fingerprint density at radius 3 is 2.54 bits per heavy atom. The van der Waals surface area contributed by atoms with Crippen LogP contribution < -0.4 is 9.47 Å². The van der Waals surface area contributed by atoms with Crippen LogP contribution in [0.15, 0.2) is 42.5 Å². The van der Waals surface area contributed by atoms with E-state index in [2.05, 4.69) is 17.1 Å². The van der Waals surface area contributed by atoms with E-state index in [1.54, 1.807) is 7.11 Å². The number of unbranched alkanes of at least 4 members (excludes halogenated alkanes) is 1. The molecule has 1 aliphatic heterocycles. The van der Waals surface area contributed by atoms with E-state index in [9.17, 15) is 4.79 Å². The van der Waals surface area contributed by atoms with Crippen LogP contribution in [0.4, 0.5) is 0 Å². The number of aromatic amines is 1. The number of hydrogen-bond acceptors (Lipinski definition) is 5. The molecular weight excluding hydrogens is 466 g/mol. The first kappa shape index (κ1) is 25.1. The van der Waals surface area contributed by atoms with E-state index in [0.29, 0.717) is 48.6 Å². The van der Waals surface area contributed by atoms with Crippen LogP contribution >= 0.6 is 11.6 Å². The van der Waals surface area contributed by atoms with Gasteiger partial charge in [0.05, 0.1) is 24.9 Å². The zero-order valence-electron chi connectivity index (χ0n) is 20.5. The third-order valence-electron chi connectivity index (χ3n) is 6.07. The van der Waals surface area contributed by atoms with Crippen LogP contribution in [0.2, 0.25) is 5.02 Å². The number of benzene rings is 2. The summed E-state index contributed by atoms with van der Waals surface area (Å²) in [4.78, 5) is 15.3. The lowest BCUT2D eigenvalue weighted by Gasteiger charge is -2.27. The van der Waals surface area contributed by atoms with Crippen LogP contribution in [0.25, 0.3) is 11.3 Å². The maximum absolute atomic E-state index is 13.5. The highest BCUT2D eigenvalue weighted by atomic mass is 35.5. The highest BCUT2D eigenvalue weighted by molar-refractivity contribution is 6.30. The Bertz CT molecular complexity index is 1150. The standard InChI is InChI=1S/C27H32ClN3O4/c1-4-6-16-35-21-13-10-19(17-22(21)34-5-2)26-23-24(18-8-11-20(28)12-9-18)29-30-25(23)27(32)31(26)14-7-15-33-3/h8-13,17,26H,4-7,14-16H2,1-3H3,(H,29,30). The van der Waals surface area contributed by atoms with Gasteiger partial charge in [-0.15, -0.1) is 0 Å². The highest BCUT2D eigenvalue weighted by Gasteiger charge is 2.42. The molecule has 2 heterocycles. The summed E-state index contributed by atoms with van der Waals surface area (Å²) >= 11 is 6.11. The molecule has 2 aromatic carbocycles. The topological polar surface area (TPSA) is 76.7 Å². The molecule has 8 heteroatoms. The van der Waals surface area contributed by atoms with Crippen molar-refractivity contribution >= 4 is 17.5 Å². The molecule has 7 nitrogen and oxygen atoms in total. The molecule has 0 radical (unpaired) electrons. The normalized spacial score (nSPS) is 14.9. The van der Waals surface area contributed by atoms with Crippen molar-refractivity contribution in [3.8, 4) is 22.8 Å². The average molecular weight is 498 g/mol. The number of nitrogens with one attached hydrogen (secondary N) is 1. The Kier molecular flexibility index (Phi) is 8.31. The molecule has 186 valence electrons. The molecular formula is C27H32ClN3O4. The van der Waals surface area contributed by atoms with Crippen molar-refractivity contribution < 1.29 is 19.0 Å². The van der Waals surface area contributed by atoms with Gasteiger partial charge in [0.25, 0.3) is 5.91 Å². The van der Waals surface area contributed by atoms with Gasteiger partial charge in [0, 0.05) is 36.4 Å². The third-order valence-corrected chi connectivity index (χ3v) is 6.32. The molecule has 1 unspecified atom stereocenters. The van der Waals surface area contributed by atoms with Crippen LogP contribution in [0.3, 0.4) is 0 Å². The number of fused-ring (bicyclic) bond motifs is 1. The Morgan fingerprint density at radius 2 is 1.83 bits per heavy atom. The number of H-pyrrole nitrogens is 1. The number of rotatable bonds is 12. The Morgan fingerprint density at radius 1 is 1.03 bits per heavy atom. The van der Waals surface area contributed by atoms with E-state index in [-0.39, 0.29) is 11.9 Å². The Labute approximate surface area is 211 Å². The molecule has 1 amide bonds. The highest BCUT2D eigenvalue weighted by Crippen LogP contribution is 2.44. The summed E-state index contributed by atoms with van der Waals surface area (Å²) in [5, 5.41) is 8.17. The molecule has 0 fully saturated rings. The zero-order valence-corrected chi connectivity index (χ0v) is 21.2. The number of halogens is 1. The van der Waals surface area contributed by atoms with Gasteiger partial charge in [0.15, 0.2) is 11.5 Å². The molecule has 0 spiro atoms. The second-order valence-electron chi connectivity index (χ2n) is 8.46. The number of ether oxygens (including phenoxy) is 3. The first-order valence-electron chi connectivity index (χ1n) is 12.1. The number of methoxy groups -OCH3 is 1. The summed E-state index contributed by atoms with van der Waals surface area (Å²) in [5.41, 5.74) is 3.95. The summed E-state index contributed by atoms with van der Waals surface area (Å²) in [5.74, 6) is 1.31. The van der Waals surface area contributed by atoms with Crippen molar-refractivity contribution in [2.24, 2.45) is 0 Å². The van der Waals surface area contributed by atoms with E-state index >= 15 is 0 Å². The number of hydrogen-bond donors (Lipinski definition) is 1. The minimum absolute atomic E-state index is 0.0740. The van der Waals surface area contributed by atoms with Gasteiger partial charge in [-0.3, -0.25) is 9.89 Å². The zero-order chi connectivity index (χ0) is 24.8. The van der Waals surface area contributed by atoms with Crippen molar-refractivity contribution in [3.05, 3.63) is 64.3 Å². The average Bonchev–Trinajstić information content (AvgIpc) is 3.40. The SMILES string of the molecule is CCCCOc1ccc(C2c3c(-c4ccc(Cl)cc4)n[nH]c3C(=O)N2CCCOC)cc1OCC. The molecule has 1 aromatic heterocycles. The van der Waals surface area contributed by atoms with Gasteiger partial charge in [0.1, 0.15) is 5.69 Å². The molecule has 0 saturated heterocycles. The summed E-state index contributed by atoms with van der Waals surface area (Å²) < 4.78 is 17.2. The second kappa shape index (κ2) is 11.6. The molecule has 0 saturated carbocycles. The number of carbonyl (C=O) groups excluding carboxylic acids is 1. The molecule has 35 heavy (non-hydrogen) atoms. The predicted octanol–water partition coefficient (Wildman–Crippen LogP) is 5.89. The fourth-order valence-electron chi connectivity index (χ4n) is 4.39. The van der Waals surface area contributed by atoms with E-state index in [1.807, 2.05) is 54.3 Å². The molecule has 0 bridgehead atoms. The first-order valence-corrected chi connectivity index (χ1v) is 12.5. The third kappa shape index (κ3) is 5.31. The van der Waals surface area contributed by atoms with Crippen LogP contribution in [0, 0.1) is 0 Å². The van der Waals surface area contributed by atoms with Crippen molar-refractivity contribution in [2.45, 2.75) is 39.2 Å². The number of carbonyl (C=O) groups is 1. The monoisotopic (exact) mass is 497 g/mol. The van der Waals surface area contributed by atoms with Gasteiger partial charge < -0.3 is 19.1 Å². The van der Waals surface area contributed by atoms with E-state index < -0.39 is 0 Å². The fourth-order valence-corrected chi connectivity index (χ4v) is 4.52. The molecule has 1 N–H and O–H groups in total. The van der Waals surface area contributed by atoms with Gasteiger partial charge in [0.2, 0.25) is 0 Å². The lowest BCUT2D eigenvalue weighted by Crippen LogP contribution is -2.31. The van der Waals surface area contributed by atoms with E-state index in [0.717, 1.165) is 41.6 Å². The van der Waals surface area contributed by atoms with Crippen molar-refractivity contribution in [1.82, 2.24) is 15.1 Å². The van der Waals surface area contributed by atoms with Gasteiger partial charge >= 0.3 is 0 Å². The predicted molar refractivity (Wildman–Crippen MR) is 136 cm³/mol. The van der Waals surface area contributed by atoms with Crippen LogP contribution in [0.1, 0.15) is 60.8 Å². The molecule has 1 atom stereocenters. The van der Waals surface area contributed by atoms with E-state index in [1.165, 1.54) is 0 Å². The largest absolute Gasteiger partial charge is 0.490 e. The minimum atomic E-state index is -0.317. The van der Waals surface area contributed by atoms with Gasteiger partial charge in [-0.25, -0.2) is 0 Å². The maximum Gasteiger partial charge on any atom is 0.273 e. The van der Waals surface area contributed by atoms with Gasteiger partial charge in [-0.05, 0) is 49.6 Å². The van der Waals surface area contributed by atoms with E-state index in [4.69, 9.17) is 25.8 Å². The number of nitrogens with zero attached hydrogens (tertiary/aromatic N) is 2. The summed E-state index contributed by atoms with van der Waals surface area (Å²) in [6, 6.07) is 13.1. The van der Waals surface area contributed by atoms with Gasteiger partial charge in [-0.1, -0.05) is 43.1 Å². The molecule has 1 aliphatic rings. The molecule has 3 aromatic rings. The summed E-state index contributed by atoms with van der Waals surface area (Å²) in [6.45, 7) is 6.35. The van der Waals surface area contributed by atoms with Crippen molar-refractivity contribution in [3.63, 3.8) is 0 Å². The van der Waals surface area contributed by atoms with Crippen LogP contribution in [0.5, 0.6) is 11.5 Å². The van der Waals surface area contributed by atoms with Gasteiger partial charge in [-0.2, -0.15) is 5.10 Å². The Balaban J connectivity index is 1.77. The van der Waals surface area contributed by atoms with Crippen LogP contribution in [-0.2, 0) is 4.74 Å².